The molecule has 5 aliphatic carbocycles. The molecule has 0 nitrogen and oxygen atoms in total. The molecule has 2 heteroatoms. The van der Waals surface area contributed by atoms with Gasteiger partial charge in [0, 0.05) is 10.8 Å². The lowest BCUT2D eigenvalue weighted by atomic mass is 9.42. The van der Waals surface area contributed by atoms with E-state index in [9.17, 15) is 0 Å². The quantitative estimate of drug-likeness (QED) is 0.230. The van der Waals surface area contributed by atoms with Gasteiger partial charge in [-0.3, -0.25) is 0 Å². The van der Waals surface area contributed by atoms with Crippen LogP contribution in [0.3, 0.4) is 0 Å². The number of hydrogen-bond acceptors (Lipinski definition) is 0. The molecule has 0 bridgehead atoms. The molecule has 0 saturated heterocycles. The molecule has 202 valence electrons. The Balaban J connectivity index is 1.07. The van der Waals surface area contributed by atoms with E-state index in [-0.39, 0.29) is 10.8 Å². The summed E-state index contributed by atoms with van der Waals surface area (Å²) in [6, 6.07) is 0. The second-order valence-corrected chi connectivity index (χ2v) is 15.8. The highest BCUT2D eigenvalue weighted by atomic mass is 35.5. The standard InChI is InChI=1S/C33H56Cl2/c1-3-5-6-7-26-10-14-28(15-11-26)30-18-22-32(23-19-30)24-31(33(32,34)35)20-16-29(17-21-31)27-12-8-25(4-2)9-13-27/h25-30H,3-24H2,1-2H3. The van der Waals surface area contributed by atoms with Crippen molar-refractivity contribution in [3.63, 3.8) is 0 Å². The van der Waals surface area contributed by atoms with Crippen molar-refractivity contribution in [1.29, 1.82) is 0 Å². The molecule has 0 aromatic rings. The van der Waals surface area contributed by atoms with Crippen LogP contribution in [0.5, 0.6) is 0 Å². The molecule has 0 radical (unpaired) electrons. The van der Waals surface area contributed by atoms with Crippen molar-refractivity contribution >= 4 is 23.2 Å². The molecule has 35 heavy (non-hydrogen) atoms. The predicted molar refractivity (Wildman–Crippen MR) is 153 cm³/mol. The van der Waals surface area contributed by atoms with Gasteiger partial charge in [-0.15, -0.1) is 23.2 Å². The van der Waals surface area contributed by atoms with Crippen molar-refractivity contribution < 1.29 is 0 Å². The van der Waals surface area contributed by atoms with Crippen molar-refractivity contribution in [2.24, 2.45) is 46.3 Å². The predicted octanol–water partition coefficient (Wildman–Crippen LogP) is 11.5. The van der Waals surface area contributed by atoms with E-state index in [2.05, 4.69) is 13.8 Å². The summed E-state index contributed by atoms with van der Waals surface area (Å²) in [7, 11) is 0. The average Bonchev–Trinajstić information content (AvgIpc) is 2.90. The fourth-order valence-electron chi connectivity index (χ4n) is 10.3. The van der Waals surface area contributed by atoms with Crippen LogP contribution in [0.1, 0.15) is 155 Å². The molecule has 0 aliphatic heterocycles. The van der Waals surface area contributed by atoms with Crippen LogP contribution < -0.4 is 0 Å². The average molecular weight is 524 g/mol. The summed E-state index contributed by atoms with van der Waals surface area (Å²) >= 11 is 14.9. The van der Waals surface area contributed by atoms with Crippen LogP contribution in [-0.2, 0) is 0 Å². The molecule has 0 heterocycles. The molecule has 0 aromatic heterocycles. The summed E-state index contributed by atoms with van der Waals surface area (Å²) in [6.45, 7) is 4.71. The SMILES string of the molecule is CCCCCC1CCC(C2CCC3(CC2)CC2(CCC(C4CCC(CC)CC4)CC2)C3(Cl)Cl)CC1. The summed E-state index contributed by atoms with van der Waals surface area (Å²) in [4.78, 5) is 0. The lowest BCUT2D eigenvalue weighted by molar-refractivity contribution is -0.122. The van der Waals surface area contributed by atoms with Crippen LogP contribution >= 0.6 is 23.2 Å². The topological polar surface area (TPSA) is 0 Å². The minimum absolute atomic E-state index is 0.246. The van der Waals surface area contributed by atoms with Crippen molar-refractivity contribution in [1.82, 2.24) is 0 Å². The normalized spacial score (nSPS) is 45.9. The summed E-state index contributed by atoms with van der Waals surface area (Å²) in [6.07, 6.45) is 31.4. The van der Waals surface area contributed by atoms with Crippen molar-refractivity contribution in [2.75, 3.05) is 0 Å². The fourth-order valence-corrected chi connectivity index (χ4v) is 11.4. The highest BCUT2D eigenvalue weighted by Gasteiger charge is 2.72. The van der Waals surface area contributed by atoms with Gasteiger partial charge >= 0.3 is 0 Å². The number of halogens is 2. The van der Waals surface area contributed by atoms with E-state index in [1.54, 1.807) is 0 Å². The monoisotopic (exact) mass is 522 g/mol. The van der Waals surface area contributed by atoms with Gasteiger partial charge < -0.3 is 0 Å². The van der Waals surface area contributed by atoms with E-state index >= 15 is 0 Å². The molecular weight excluding hydrogens is 467 g/mol. The number of alkyl halides is 2. The Bertz CT molecular complexity index is 651. The van der Waals surface area contributed by atoms with Crippen molar-refractivity contribution in [3.8, 4) is 0 Å². The molecule has 5 saturated carbocycles. The first-order chi connectivity index (χ1) is 16.9. The first kappa shape index (κ1) is 27.2. The molecular formula is C33H56Cl2. The second-order valence-electron chi connectivity index (χ2n) is 14.5. The van der Waals surface area contributed by atoms with Gasteiger partial charge in [0.05, 0.1) is 0 Å². The Morgan fingerprint density at radius 1 is 0.543 bits per heavy atom. The van der Waals surface area contributed by atoms with E-state index in [1.165, 1.54) is 141 Å². The number of hydrogen-bond donors (Lipinski definition) is 0. The van der Waals surface area contributed by atoms with Gasteiger partial charge in [-0.05, 0) is 119 Å². The number of rotatable bonds is 7. The molecule has 5 aliphatic rings. The van der Waals surface area contributed by atoms with Crippen LogP contribution in [0, 0.1) is 46.3 Å². The maximum Gasteiger partial charge on any atom is 0.129 e. The summed E-state index contributed by atoms with van der Waals surface area (Å²) < 4.78 is -0.452. The highest BCUT2D eigenvalue weighted by Crippen LogP contribution is 2.77. The molecule has 5 fully saturated rings. The van der Waals surface area contributed by atoms with Crippen LogP contribution in [0.25, 0.3) is 0 Å². The Morgan fingerprint density at radius 3 is 1.37 bits per heavy atom. The van der Waals surface area contributed by atoms with E-state index in [0.717, 1.165) is 35.5 Å². The first-order valence-corrected chi connectivity index (χ1v) is 17.1. The van der Waals surface area contributed by atoms with Gasteiger partial charge in [0.25, 0.3) is 0 Å². The van der Waals surface area contributed by atoms with E-state index in [0.29, 0.717) is 0 Å². The first-order valence-electron chi connectivity index (χ1n) is 16.3. The molecule has 2 spiro atoms. The largest absolute Gasteiger partial charge is 0.129 e. The molecule has 0 atom stereocenters. The lowest BCUT2D eigenvalue weighted by Gasteiger charge is -2.69. The lowest BCUT2D eigenvalue weighted by Crippen LogP contribution is -2.66. The van der Waals surface area contributed by atoms with Crippen molar-refractivity contribution in [2.45, 2.75) is 159 Å². The highest BCUT2D eigenvalue weighted by molar-refractivity contribution is 6.50. The molecule has 0 amide bonds. The Kier molecular flexibility index (Phi) is 8.82. The second kappa shape index (κ2) is 11.4. The Labute approximate surface area is 228 Å². The fraction of sp³-hybridized carbons (Fsp3) is 1.00. The Hall–Kier alpha value is 0.580. The Morgan fingerprint density at radius 2 is 0.971 bits per heavy atom. The van der Waals surface area contributed by atoms with E-state index < -0.39 is 4.33 Å². The van der Waals surface area contributed by atoms with Gasteiger partial charge in [0.2, 0.25) is 0 Å². The van der Waals surface area contributed by atoms with Gasteiger partial charge in [-0.25, -0.2) is 0 Å². The smallest absolute Gasteiger partial charge is 0.100 e. The summed E-state index contributed by atoms with van der Waals surface area (Å²) in [5.74, 6) is 5.98. The zero-order valence-electron chi connectivity index (χ0n) is 23.3. The molecule has 0 N–H and O–H groups in total. The third-order valence-corrected chi connectivity index (χ3v) is 14.5. The van der Waals surface area contributed by atoms with Gasteiger partial charge in [-0.2, -0.15) is 0 Å². The zero-order valence-corrected chi connectivity index (χ0v) is 24.8. The maximum absolute atomic E-state index is 7.43. The minimum Gasteiger partial charge on any atom is -0.100 e. The van der Waals surface area contributed by atoms with Gasteiger partial charge in [-0.1, -0.05) is 71.6 Å². The third-order valence-electron chi connectivity index (χ3n) is 12.9. The molecule has 0 unspecified atom stereocenters. The van der Waals surface area contributed by atoms with E-state index in [1.807, 2.05) is 0 Å². The summed E-state index contributed by atoms with van der Waals surface area (Å²) in [5, 5.41) is 0. The number of unbranched alkanes of at least 4 members (excludes halogenated alkanes) is 2. The summed E-state index contributed by atoms with van der Waals surface area (Å²) in [5.41, 5.74) is 0.493. The van der Waals surface area contributed by atoms with Crippen LogP contribution in [0.15, 0.2) is 0 Å². The van der Waals surface area contributed by atoms with Crippen LogP contribution in [-0.4, -0.2) is 4.33 Å². The van der Waals surface area contributed by atoms with Gasteiger partial charge in [0.1, 0.15) is 4.33 Å². The van der Waals surface area contributed by atoms with Crippen LogP contribution in [0.4, 0.5) is 0 Å². The van der Waals surface area contributed by atoms with E-state index in [4.69, 9.17) is 23.2 Å². The zero-order chi connectivity index (χ0) is 24.5. The molecule has 5 rings (SSSR count). The van der Waals surface area contributed by atoms with Gasteiger partial charge in [0.15, 0.2) is 0 Å². The molecule has 0 aromatic carbocycles. The van der Waals surface area contributed by atoms with Crippen molar-refractivity contribution in [3.05, 3.63) is 0 Å². The minimum atomic E-state index is -0.452. The third kappa shape index (κ3) is 5.25. The van der Waals surface area contributed by atoms with Crippen LogP contribution in [0.2, 0.25) is 0 Å². The maximum atomic E-state index is 7.43.